The lowest BCUT2D eigenvalue weighted by molar-refractivity contribution is 0.0507. The van der Waals surface area contributed by atoms with E-state index in [-0.39, 0.29) is 35.9 Å². The van der Waals surface area contributed by atoms with Gasteiger partial charge in [-0.3, -0.25) is 9.79 Å². The molecule has 0 aromatic heterocycles. The zero-order valence-corrected chi connectivity index (χ0v) is 20.9. The smallest absolute Gasteiger partial charge is 0.407 e. The molecular weight excluding hydrogens is 521 g/mol. The topological polar surface area (TPSA) is 95.1 Å². The average molecular weight is 552 g/mol. The van der Waals surface area contributed by atoms with E-state index >= 15 is 0 Å². The van der Waals surface area contributed by atoms with Crippen LogP contribution < -0.4 is 16.0 Å². The maximum Gasteiger partial charge on any atom is 0.407 e. The maximum absolute atomic E-state index is 12.2. The van der Waals surface area contributed by atoms with Crippen molar-refractivity contribution in [2.24, 2.45) is 4.99 Å². The Labute approximate surface area is 200 Å². The van der Waals surface area contributed by atoms with Gasteiger partial charge in [0.05, 0.1) is 16.6 Å². The van der Waals surface area contributed by atoms with Gasteiger partial charge in [-0.2, -0.15) is 0 Å². The van der Waals surface area contributed by atoms with E-state index < -0.39 is 11.7 Å². The molecule has 2 amide bonds. The van der Waals surface area contributed by atoms with Crippen molar-refractivity contribution < 1.29 is 14.3 Å². The number of nitrogens with zero attached hydrogens (tertiary/aromatic N) is 2. The SMILES string of the molecule is CN=C(NCCNC(=O)c1ccccc1Cl)N1CCC(NC(=O)OC(C)(C)C)C1.I. The van der Waals surface area contributed by atoms with Crippen molar-refractivity contribution >= 4 is 53.5 Å². The second-order valence-electron chi connectivity index (χ2n) is 7.79. The number of aliphatic imine (C=N–C) groups is 1. The fraction of sp³-hybridized carbons (Fsp3) is 0.550. The first kappa shape index (κ1) is 26.3. The van der Waals surface area contributed by atoms with Gasteiger partial charge in [-0.25, -0.2) is 4.79 Å². The number of benzene rings is 1. The van der Waals surface area contributed by atoms with Gasteiger partial charge in [0.15, 0.2) is 5.96 Å². The first-order valence-electron chi connectivity index (χ1n) is 9.67. The lowest BCUT2D eigenvalue weighted by Gasteiger charge is -2.23. The van der Waals surface area contributed by atoms with Gasteiger partial charge in [0.25, 0.3) is 5.91 Å². The molecule has 168 valence electrons. The minimum Gasteiger partial charge on any atom is -0.444 e. The highest BCUT2D eigenvalue weighted by Crippen LogP contribution is 2.14. The van der Waals surface area contributed by atoms with Crippen molar-refractivity contribution in [2.45, 2.75) is 38.8 Å². The standard InChI is InChI=1S/C20H30ClN5O3.HI/c1-20(2,3)29-19(28)25-14-9-12-26(13-14)18(22-4)24-11-10-23-17(27)15-7-5-6-8-16(15)21;/h5-8,14H,9-13H2,1-4H3,(H,22,24)(H,23,27)(H,25,28);1H. The van der Waals surface area contributed by atoms with Crippen molar-refractivity contribution in [1.29, 1.82) is 0 Å². The molecule has 1 aliphatic rings. The molecule has 0 radical (unpaired) electrons. The molecule has 1 aromatic carbocycles. The van der Waals surface area contributed by atoms with Crippen LogP contribution in [0.2, 0.25) is 5.02 Å². The van der Waals surface area contributed by atoms with Crippen LogP contribution in [0.1, 0.15) is 37.6 Å². The molecule has 0 spiro atoms. The van der Waals surface area contributed by atoms with Crippen LogP contribution in [0.25, 0.3) is 0 Å². The molecule has 1 aliphatic heterocycles. The van der Waals surface area contributed by atoms with Gasteiger partial charge in [0, 0.05) is 33.2 Å². The van der Waals surface area contributed by atoms with E-state index in [0.717, 1.165) is 18.9 Å². The van der Waals surface area contributed by atoms with Crippen LogP contribution in [0.4, 0.5) is 4.79 Å². The Morgan fingerprint density at radius 2 is 1.90 bits per heavy atom. The van der Waals surface area contributed by atoms with Gasteiger partial charge in [-0.15, -0.1) is 24.0 Å². The van der Waals surface area contributed by atoms with E-state index in [1.54, 1.807) is 31.3 Å². The summed E-state index contributed by atoms with van der Waals surface area (Å²) in [7, 11) is 1.71. The summed E-state index contributed by atoms with van der Waals surface area (Å²) < 4.78 is 5.30. The van der Waals surface area contributed by atoms with Crippen LogP contribution in [0.3, 0.4) is 0 Å². The van der Waals surface area contributed by atoms with E-state index in [4.69, 9.17) is 16.3 Å². The van der Waals surface area contributed by atoms with Crippen LogP contribution >= 0.6 is 35.6 Å². The van der Waals surface area contributed by atoms with Gasteiger partial charge in [-0.05, 0) is 39.3 Å². The third-order valence-corrected chi connectivity index (χ3v) is 4.56. The number of amides is 2. The van der Waals surface area contributed by atoms with Crippen molar-refractivity contribution in [3.05, 3.63) is 34.9 Å². The predicted molar refractivity (Wildman–Crippen MR) is 130 cm³/mol. The second kappa shape index (κ2) is 12.2. The summed E-state index contributed by atoms with van der Waals surface area (Å²) in [4.78, 5) is 30.4. The van der Waals surface area contributed by atoms with Crippen molar-refractivity contribution in [3.63, 3.8) is 0 Å². The molecule has 0 aliphatic carbocycles. The molecule has 0 saturated carbocycles. The Balaban J connectivity index is 0.00000450. The zero-order valence-electron chi connectivity index (χ0n) is 17.8. The molecule has 2 rings (SSSR count). The van der Waals surface area contributed by atoms with Gasteiger partial charge >= 0.3 is 6.09 Å². The quantitative estimate of drug-likeness (QED) is 0.226. The lowest BCUT2D eigenvalue weighted by Crippen LogP contribution is -2.45. The van der Waals surface area contributed by atoms with Crippen molar-refractivity contribution in [2.75, 3.05) is 33.2 Å². The van der Waals surface area contributed by atoms with Crippen LogP contribution in [0.5, 0.6) is 0 Å². The van der Waals surface area contributed by atoms with E-state index in [0.29, 0.717) is 30.2 Å². The number of nitrogens with one attached hydrogen (secondary N) is 3. The maximum atomic E-state index is 12.2. The average Bonchev–Trinajstić information content (AvgIpc) is 3.08. The molecule has 1 saturated heterocycles. The van der Waals surface area contributed by atoms with Gasteiger partial charge in [-0.1, -0.05) is 23.7 Å². The number of halogens is 2. The summed E-state index contributed by atoms with van der Waals surface area (Å²) in [6, 6.07) is 6.93. The summed E-state index contributed by atoms with van der Waals surface area (Å²) >= 11 is 6.03. The molecule has 0 bridgehead atoms. The van der Waals surface area contributed by atoms with Crippen LogP contribution in [0, 0.1) is 0 Å². The minimum absolute atomic E-state index is 0. The third-order valence-electron chi connectivity index (χ3n) is 4.23. The fourth-order valence-corrected chi connectivity index (χ4v) is 3.19. The summed E-state index contributed by atoms with van der Waals surface area (Å²) in [6.45, 7) is 7.87. The molecule has 1 heterocycles. The number of ether oxygens (including phenoxy) is 1. The lowest BCUT2D eigenvalue weighted by atomic mass is 10.2. The highest BCUT2D eigenvalue weighted by atomic mass is 127. The van der Waals surface area contributed by atoms with E-state index in [9.17, 15) is 9.59 Å². The van der Waals surface area contributed by atoms with Crippen molar-refractivity contribution in [1.82, 2.24) is 20.9 Å². The molecule has 3 N–H and O–H groups in total. The largest absolute Gasteiger partial charge is 0.444 e. The molecular formula is C20H31ClIN5O3. The van der Waals surface area contributed by atoms with Crippen LogP contribution in [-0.4, -0.2) is 67.7 Å². The highest BCUT2D eigenvalue weighted by molar-refractivity contribution is 14.0. The summed E-state index contributed by atoms with van der Waals surface area (Å²) in [5.41, 5.74) is -0.0665. The molecule has 8 nitrogen and oxygen atoms in total. The second-order valence-corrected chi connectivity index (χ2v) is 8.19. The molecule has 1 unspecified atom stereocenters. The van der Waals surface area contributed by atoms with Crippen LogP contribution in [-0.2, 0) is 4.74 Å². The first-order valence-corrected chi connectivity index (χ1v) is 10.0. The summed E-state index contributed by atoms with van der Waals surface area (Å²) in [5, 5.41) is 9.38. The number of alkyl carbamates (subject to hydrolysis) is 1. The molecule has 30 heavy (non-hydrogen) atoms. The number of guanidine groups is 1. The Hall–Kier alpha value is -1.75. The van der Waals surface area contributed by atoms with E-state index in [2.05, 4.69) is 25.8 Å². The number of carbonyl (C=O) groups excluding carboxylic acids is 2. The minimum atomic E-state index is -0.519. The molecule has 1 atom stereocenters. The number of likely N-dealkylation sites (tertiary alicyclic amines) is 1. The normalized spacial score (nSPS) is 16.5. The Kier molecular flexibility index (Phi) is 10.7. The third kappa shape index (κ3) is 8.55. The highest BCUT2D eigenvalue weighted by Gasteiger charge is 2.27. The Morgan fingerprint density at radius 3 is 2.53 bits per heavy atom. The number of hydrogen-bond acceptors (Lipinski definition) is 4. The first-order chi connectivity index (χ1) is 13.7. The Bertz CT molecular complexity index is 754. The fourth-order valence-electron chi connectivity index (χ4n) is 2.97. The number of hydrogen-bond donors (Lipinski definition) is 3. The zero-order chi connectivity index (χ0) is 21.4. The van der Waals surface area contributed by atoms with Gasteiger partial charge < -0.3 is 25.6 Å². The Morgan fingerprint density at radius 1 is 1.23 bits per heavy atom. The van der Waals surface area contributed by atoms with Gasteiger partial charge in [0.2, 0.25) is 0 Å². The number of carbonyl (C=O) groups is 2. The number of rotatable bonds is 5. The molecule has 10 heteroatoms. The van der Waals surface area contributed by atoms with Crippen LogP contribution in [0.15, 0.2) is 29.3 Å². The van der Waals surface area contributed by atoms with E-state index in [1.165, 1.54) is 0 Å². The predicted octanol–water partition coefficient (Wildman–Crippen LogP) is 2.86. The summed E-state index contributed by atoms with van der Waals surface area (Å²) in [6.07, 6.45) is 0.401. The monoisotopic (exact) mass is 551 g/mol. The molecule has 1 aromatic rings. The van der Waals surface area contributed by atoms with Gasteiger partial charge in [0.1, 0.15) is 5.60 Å². The summed E-state index contributed by atoms with van der Waals surface area (Å²) in [5.74, 6) is 0.515. The molecule has 1 fully saturated rings. The van der Waals surface area contributed by atoms with E-state index in [1.807, 2.05) is 20.8 Å². The van der Waals surface area contributed by atoms with Crippen molar-refractivity contribution in [3.8, 4) is 0 Å².